The maximum absolute atomic E-state index is 12.1. The first-order valence-corrected chi connectivity index (χ1v) is 7.03. The third kappa shape index (κ3) is 3.72. The zero-order valence-electron chi connectivity index (χ0n) is 12.1. The van der Waals surface area contributed by atoms with Crippen LogP contribution in [0.4, 0.5) is 5.69 Å². The number of hydrogen-bond acceptors (Lipinski definition) is 2. The standard InChI is InChI=1S/C16H24N2O/c1-16(2,3)10-15(19)18-14-6-4-5-11-9-12(17)7-8-13(11)14/h7-9,14H,4-6,10,17H2,1-3H3,(H,18,19). The number of benzene rings is 1. The van der Waals surface area contributed by atoms with Gasteiger partial charge in [0.1, 0.15) is 0 Å². The molecular weight excluding hydrogens is 236 g/mol. The molecule has 1 amide bonds. The normalized spacial score (nSPS) is 18.8. The molecule has 0 radical (unpaired) electrons. The first-order chi connectivity index (χ1) is 8.85. The average Bonchev–Trinajstić information content (AvgIpc) is 2.26. The van der Waals surface area contributed by atoms with Gasteiger partial charge >= 0.3 is 0 Å². The highest BCUT2D eigenvalue weighted by Crippen LogP contribution is 2.31. The van der Waals surface area contributed by atoms with Crippen LogP contribution in [0.5, 0.6) is 0 Å². The number of aryl methyl sites for hydroxylation is 1. The van der Waals surface area contributed by atoms with Gasteiger partial charge in [0, 0.05) is 12.1 Å². The number of nitrogens with two attached hydrogens (primary N) is 1. The van der Waals surface area contributed by atoms with Crippen LogP contribution in [0.3, 0.4) is 0 Å². The maximum atomic E-state index is 12.1. The molecule has 1 aromatic carbocycles. The minimum Gasteiger partial charge on any atom is -0.399 e. The molecule has 0 saturated carbocycles. The van der Waals surface area contributed by atoms with Crippen molar-refractivity contribution in [2.24, 2.45) is 5.41 Å². The monoisotopic (exact) mass is 260 g/mol. The first kappa shape index (κ1) is 13.9. The summed E-state index contributed by atoms with van der Waals surface area (Å²) < 4.78 is 0. The Balaban J connectivity index is 2.09. The average molecular weight is 260 g/mol. The first-order valence-electron chi connectivity index (χ1n) is 7.03. The van der Waals surface area contributed by atoms with Gasteiger partial charge in [-0.15, -0.1) is 0 Å². The van der Waals surface area contributed by atoms with Gasteiger partial charge < -0.3 is 11.1 Å². The summed E-state index contributed by atoms with van der Waals surface area (Å²) in [5.41, 5.74) is 9.18. The number of fused-ring (bicyclic) bond motifs is 1. The van der Waals surface area contributed by atoms with Crippen molar-refractivity contribution in [3.8, 4) is 0 Å². The molecular formula is C16H24N2O. The zero-order chi connectivity index (χ0) is 14.0. The van der Waals surface area contributed by atoms with Crippen molar-refractivity contribution >= 4 is 11.6 Å². The molecule has 2 rings (SSSR count). The lowest BCUT2D eigenvalue weighted by atomic mass is 9.86. The van der Waals surface area contributed by atoms with E-state index in [1.165, 1.54) is 11.1 Å². The highest BCUT2D eigenvalue weighted by atomic mass is 16.1. The van der Waals surface area contributed by atoms with Gasteiger partial charge in [-0.2, -0.15) is 0 Å². The molecule has 0 aliphatic heterocycles. The fourth-order valence-electron chi connectivity index (χ4n) is 2.71. The Kier molecular flexibility index (Phi) is 3.83. The van der Waals surface area contributed by atoms with Crippen molar-refractivity contribution in [2.45, 2.75) is 52.5 Å². The van der Waals surface area contributed by atoms with Crippen molar-refractivity contribution < 1.29 is 4.79 Å². The van der Waals surface area contributed by atoms with Crippen LogP contribution in [0.25, 0.3) is 0 Å². The second kappa shape index (κ2) is 5.24. The Hall–Kier alpha value is -1.51. The van der Waals surface area contributed by atoms with E-state index in [0.29, 0.717) is 6.42 Å². The summed E-state index contributed by atoms with van der Waals surface area (Å²) in [4.78, 5) is 12.1. The van der Waals surface area contributed by atoms with E-state index >= 15 is 0 Å². The van der Waals surface area contributed by atoms with Gasteiger partial charge in [0.25, 0.3) is 0 Å². The lowest BCUT2D eigenvalue weighted by molar-refractivity contribution is -0.123. The Morgan fingerprint density at radius 3 is 2.84 bits per heavy atom. The van der Waals surface area contributed by atoms with E-state index in [1.807, 2.05) is 12.1 Å². The predicted octanol–water partition coefficient (Wildman–Crippen LogP) is 3.20. The summed E-state index contributed by atoms with van der Waals surface area (Å²) in [5.74, 6) is 0.141. The quantitative estimate of drug-likeness (QED) is 0.802. The second-order valence-corrected chi connectivity index (χ2v) is 6.71. The van der Waals surface area contributed by atoms with Crippen LogP contribution in [0.2, 0.25) is 0 Å². The lowest BCUT2D eigenvalue weighted by Gasteiger charge is -2.28. The number of nitrogen functional groups attached to an aromatic ring is 1. The fraction of sp³-hybridized carbons (Fsp3) is 0.562. The summed E-state index contributed by atoms with van der Waals surface area (Å²) in [7, 11) is 0. The summed E-state index contributed by atoms with van der Waals surface area (Å²) in [5, 5.41) is 3.17. The number of carbonyl (C=O) groups is 1. The molecule has 3 heteroatoms. The Bertz CT molecular complexity index is 474. The van der Waals surface area contributed by atoms with Gasteiger partial charge in [0.05, 0.1) is 6.04 Å². The van der Waals surface area contributed by atoms with E-state index < -0.39 is 0 Å². The van der Waals surface area contributed by atoms with Crippen LogP contribution in [0.15, 0.2) is 18.2 Å². The Labute approximate surface area is 115 Å². The number of hydrogen-bond donors (Lipinski definition) is 2. The maximum Gasteiger partial charge on any atom is 0.221 e. The molecule has 0 bridgehead atoms. The molecule has 0 aromatic heterocycles. The van der Waals surface area contributed by atoms with Crippen LogP contribution in [-0.4, -0.2) is 5.91 Å². The number of rotatable bonds is 2. The summed E-state index contributed by atoms with van der Waals surface area (Å²) in [6.45, 7) is 6.26. The number of amides is 1. The van der Waals surface area contributed by atoms with Crippen molar-refractivity contribution in [1.29, 1.82) is 0 Å². The largest absolute Gasteiger partial charge is 0.399 e. The molecule has 0 spiro atoms. The molecule has 0 heterocycles. The van der Waals surface area contributed by atoms with E-state index in [2.05, 4.69) is 32.2 Å². The van der Waals surface area contributed by atoms with Crippen LogP contribution in [-0.2, 0) is 11.2 Å². The zero-order valence-corrected chi connectivity index (χ0v) is 12.1. The molecule has 3 N–H and O–H groups in total. The molecule has 1 aliphatic rings. The van der Waals surface area contributed by atoms with Crippen molar-refractivity contribution in [2.75, 3.05) is 5.73 Å². The lowest BCUT2D eigenvalue weighted by Crippen LogP contribution is -2.33. The number of anilines is 1. The Morgan fingerprint density at radius 1 is 1.42 bits per heavy atom. The third-order valence-electron chi connectivity index (χ3n) is 3.51. The predicted molar refractivity (Wildman–Crippen MR) is 78.7 cm³/mol. The highest BCUT2D eigenvalue weighted by molar-refractivity contribution is 5.77. The summed E-state index contributed by atoms with van der Waals surface area (Å²) >= 11 is 0. The highest BCUT2D eigenvalue weighted by Gasteiger charge is 2.23. The molecule has 1 aromatic rings. The van der Waals surface area contributed by atoms with Crippen LogP contribution >= 0.6 is 0 Å². The topological polar surface area (TPSA) is 55.1 Å². The molecule has 0 fully saturated rings. The minimum atomic E-state index is 0.0305. The van der Waals surface area contributed by atoms with E-state index in [-0.39, 0.29) is 17.4 Å². The van der Waals surface area contributed by atoms with Gasteiger partial charge in [-0.25, -0.2) is 0 Å². The van der Waals surface area contributed by atoms with Gasteiger partial charge in [0.2, 0.25) is 5.91 Å². The van der Waals surface area contributed by atoms with Gasteiger partial charge in [-0.05, 0) is 47.9 Å². The summed E-state index contributed by atoms with van der Waals surface area (Å²) in [6, 6.07) is 6.18. The smallest absolute Gasteiger partial charge is 0.221 e. The molecule has 19 heavy (non-hydrogen) atoms. The molecule has 0 saturated heterocycles. The van der Waals surface area contributed by atoms with Gasteiger partial charge in [-0.1, -0.05) is 26.8 Å². The van der Waals surface area contributed by atoms with Crippen molar-refractivity contribution in [3.05, 3.63) is 29.3 Å². The van der Waals surface area contributed by atoms with Crippen molar-refractivity contribution in [3.63, 3.8) is 0 Å². The van der Waals surface area contributed by atoms with Crippen LogP contribution in [0.1, 0.15) is 57.2 Å². The molecule has 1 atom stereocenters. The van der Waals surface area contributed by atoms with Crippen molar-refractivity contribution in [1.82, 2.24) is 5.32 Å². The minimum absolute atomic E-state index is 0.0305. The van der Waals surface area contributed by atoms with Gasteiger partial charge in [0.15, 0.2) is 0 Å². The summed E-state index contributed by atoms with van der Waals surface area (Å²) in [6.07, 6.45) is 3.75. The fourth-order valence-corrected chi connectivity index (χ4v) is 2.71. The van der Waals surface area contributed by atoms with Gasteiger partial charge in [-0.3, -0.25) is 4.79 Å². The third-order valence-corrected chi connectivity index (χ3v) is 3.51. The molecule has 1 aliphatic carbocycles. The van der Waals surface area contributed by atoms with E-state index in [0.717, 1.165) is 24.9 Å². The van der Waals surface area contributed by atoms with E-state index in [9.17, 15) is 4.79 Å². The molecule has 104 valence electrons. The SMILES string of the molecule is CC(C)(C)CC(=O)NC1CCCc2cc(N)ccc21. The Morgan fingerprint density at radius 2 is 2.16 bits per heavy atom. The van der Waals surface area contributed by atoms with E-state index in [1.54, 1.807) is 0 Å². The van der Waals surface area contributed by atoms with Crippen LogP contribution < -0.4 is 11.1 Å². The second-order valence-electron chi connectivity index (χ2n) is 6.71. The molecule has 1 unspecified atom stereocenters. The van der Waals surface area contributed by atoms with E-state index in [4.69, 9.17) is 5.73 Å². The van der Waals surface area contributed by atoms with Crippen LogP contribution in [0, 0.1) is 5.41 Å². The number of nitrogens with one attached hydrogen (secondary N) is 1. The number of carbonyl (C=O) groups excluding carboxylic acids is 1. The molecule has 3 nitrogen and oxygen atoms in total.